The van der Waals surface area contributed by atoms with Gasteiger partial charge in [0.05, 0.1) is 18.6 Å². The normalized spacial score (nSPS) is 18.6. The SMILES string of the molecule is CCOc1ccc(Cl)cc1S(=O)(=O)N1CCC[C@@H](C(=O)N[C@H](C)c2ccccc2)C1. The van der Waals surface area contributed by atoms with Gasteiger partial charge in [0, 0.05) is 18.1 Å². The largest absolute Gasteiger partial charge is 0.492 e. The Labute approximate surface area is 183 Å². The number of carbonyl (C=O) groups excluding carboxylic acids is 1. The second-order valence-electron chi connectivity index (χ2n) is 7.37. The van der Waals surface area contributed by atoms with Crippen LogP contribution < -0.4 is 10.1 Å². The van der Waals surface area contributed by atoms with Gasteiger partial charge in [0.1, 0.15) is 10.6 Å². The Hall–Kier alpha value is -2.09. The molecule has 6 nitrogen and oxygen atoms in total. The molecule has 1 amide bonds. The summed E-state index contributed by atoms with van der Waals surface area (Å²) < 4.78 is 33.5. The molecule has 30 heavy (non-hydrogen) atoms. The average Bonchev–Trinajstić information content (AvgIpc) is 2.75. The number of benzene rings is 2. The third-order valence-corrected chi connectivity index (χ3v) is 7.36. The van der Waals surface area contributed by atoms with Gasteiger partial charge in [0.25, 0.3) is 0 Å². The van der Waals surface area contributed by atoms with E-state index in [1.807, 2.05) is 37.3 Å². The first-order valence-electron chi connectivity index (χ1n) is 10.1. The molecule has 1 N–H and O–H groups in total. The molecule has 2 atom stereocenters. The topological polar surface area (TPSA) is 75.7 Å². The molecule has 0 unspecified atom stereocenters. The molecule has 1 saturated heterocycles. The van der Waals surface area contributed by atoms with Crippen LogP contribution in [-0.2, 0) is 14.8 Å². The quantitative estimate of drug-likeness (QED) is 0.691. The van der Waals surface area contributed by atoms with Gasteiger partial charge >= 0.3 is 0 Å². The molecule has 1 aliphatic heterocycles. The molecule has 1 fully saturated rings. The summed E-state index contributed by atoms with van der Waals surface area (Å²) in [6.07, 6.45) is 1.26. The second-order valence-corrected chi connectivity index (χ2v) is 9.71. The molecule has 0 spiro atoms. The first kappa shape index (κ1) is 22.6. The minimum Gasteiger partial charge on any atom is -0.492 e. The minimum atomic E-state index is -3.84. The lowest BCUT2D eigenvalue weighted by atomic mass is 9.98. The fourth-order valence-corrected chi connectivity index (χ4v) is 5.55. The number of hydrogen-bond acceptors (Lipinski definition) is 4. The lowest BCUT2D eigenvalue weighted by Gasteiger charge is -2.32. The highest BCUT2D eigenvalue weighted by Gasteiger charge is 2.35. The zero-order chi connectivity index (χ0) is 21.7. The number of nitrogens with zero attached hydrogens (tertiary/aromatic N) is 1. The first-order chi connectivity index (χ1) is 14.3. The van der Waals surface area contributed by atoms with Gasteiger partial charge in [-0.3, -0.25) is 4.79 Å². The fraction of sp³-hybridized carbons (Fsp3) is 0.409. The van der Waals surface area contributed by atoms with Crippen LogP contribution in [0.15, 0.2) is 53.4 Å². The third kappa shape index (κ3) is 5.14. The molecule has 2 aromatic rings. The van der Waals surface area contributed by atoms with E-state index >= 15 is 0 Å². The minimum absolute atomic E-state index is 0.0376. The summed E-state index contributed by atoms with van der Waals surface area (Å²) in [6, 6.07) is 14.1. The van der Waals surface area contributed by atoms with Crippen LogP contribution in [0.4, 0.5) is 0 Å². The van der Waals surface area contributed by atoms with Crippen LogP contribution in [0, 0.1) is 5.92 Å². The highest BCUT2D eigenvalue weighted by molar-refractivity contribution is 7.89. The van der Waals surface area contributed by atoms with E-state index in [0.717, 1.165) is 5.56 Å². The highest BCUT2D eigenvalue weighted by Crippen LogP contribution is 2.32. The summed E-state index contributed by atoms with van der Waals surface area (Å²) in [5, 5.41) is 3.33. The zero-order valence-corrected chi connectivity index (χ0v) is 18.7. The van der Waals surface area contributed by atoms with Crippen molar-refractivity contribution in [1.82, 2.24) is 9.62 Å². The lowest BCUT2D eigenvalue weighted by Crippen LogP contribution is -2.45. The molecule has 1 heterocycles. The van der Waals surface area contributed by atoms with Crippen LogP contribution in [-0.4, -0.2) is 38.3 Å². The van der Waals surface area contributed by atoms with E-state index in [0.29, 0.717) is 31.0 Å². The van der Waals surface area contributed by atoms with E-state index in [1.54, 1.807) is 19.1 Å². The van der Waals surface area contributed by atoms with E-state index in [4.69, 9.17) is 16.3 Å². The Bertz CT molecular complexity index is 982. The zero-order valence-electron chi connectivity index (χ0n) is 17.2. The van der Waals surface area contributed by atoms with Crippen molar-refractivity contribution in [2.24, 2.45) is 5.92 Å². The summed E-state index contributed by atoms with van der Waals surface area (Å²) in [5.41, 5.74) is 1.01. The van der Waals surface area contributed by atoms with Crippen molar-refractivity contribution in [3.05, 3.63) is 59.1 Å². The first-order valence-corrected chi connectivity index (χ1v) is 11.9. The summed E-state index contributed by atoms with van der Waals surface area (Å²) in [7, 11) is -3.84. The predicted molar refractivity (Wildman–Crippen MR) is 117 cm³/mol. The van der Waals surface area contributed by atoms with Gasteiger partial charge in [-0.1, -0.05) is 41.9 Å². The number of piperidine rings is 1. The lowest BCUT2D eigenvalue weighted by molar-refractivity contribution is -0.126. The maximum absolute atomic E-state index is 13.3. The molecule has 162 valence electrons. The fourth-order valence-electron chi connectivity index (χ4n) is 3.63. The van der Waals surface area contributed by atoms with Gasteiger partial charge in [-0.25, -0.2) is 8.42 Å². The van der Waals surface area contributed by atoms with Crippen molar-refractivity contribution >= 4 is 27.5 Å². The summed E-state index contributed by atoms with van der Waals surface area (Å²) in [4.78, 5) is 12.9. The molecular weight excluding hydrogens is 424 g/mol. The van der Waals surface area contributed by atoms with Gasteiger partial charge in [-0.15, -0.1) is 0 Å². The second kappa shape index (κ2) is 9.81. The van der Waals surface area contributed by atoms with Crippen LogP contribution in [0.25, 0.3) is 0 Å². The molecule has 2 aromatic carbocycles. The van der Waals surface area contributed by atoms with Gasteiger partial charge in [-0.2, -0.15) is 4.31 Å². The predicted octanol–water partition coefficient (Wildman–Crippen LogP) is 4.02. The van der Waals surface area contributed by atoms with E-state index < -0.39 is 15.9 Å². The Morgan fingerprint density at radius 2 is 2.00 bits per heavy atom. The van der Waals surface area contributed by atoms with Crippen LogP contribution in [0.1, 0.15) is 38.3 Å². The van der Waals surface area contributed by atoms with Crippen molar-refractivity contribution in [3.8, 4) is 5.75 Å². The molecule has 0 bridgehead atoms. The maximum atomic E-state index is 13.3. The van der Waals surface area contributed by atoms with Crippen molar-refractivity contribution in [2.75, 3.05) is 19.7 Å². The molecule has 0 radical (unpaired) electrons. The molecule has 0 aliphatic carbocycles. The van der Waals surface area contributed by atoms with Crippen molar-refractivity contribution in [2.45, 2.75) is 37.6 Å². The number of carbonyl (C=O) groups is 1. The van der Waals surface area contributed by atoms with E-state index in [9.17, 15) is 13.2 Å². The number of halogens is 1. The van der Waals surface area contributed by atoms with Gasteiger partial charge < -0.3 is 10.1 Å². The highest BCUT2D eigenvalue weighted by atomic mass is 35.5. The van der Waals surface area contributed by atoms with Crippen molar-refractivity contribution < 1.29 is 17.9 Å². The number of hydrogen-bond donors (Lipinski definition) is 1. The van der Waals surface area contributed by atoms with Crippen molar-refractivity contribution in [1.29, 1.82) is 0 Å². The van der Waals surface area contributed by atoms with Crippen molar-refractivity contribution in [3.63, 3.8) is 0 Å². The Morgan fingerprint density at radius 3 is 2.70 bits per heavy atom. The molecule has 0 saturated carbocycles. The Morgan fingerprint density at radius 1 is 1.27 bits per heavy atom. The molecular formula is C22H27ClN2O4S. The van der Waals surface area contributed by atoms with Crippen LogP contribution in [0.2, 0.25) is 5.02 Å². The average molecular weight is 451 g/mol. The Balaban J connectivity index is 1.75. The monoisotopic (exact) mass is 450 g/mol. The molecule has 1 aliphatic rings. The number of nitrogens with one attached hydrogen (secondary N) is 1. The smallest absolute Gasteiger partial charge is 0.246 e. The summed E-state index contributed by atoms with van der Waals surface area (Å²) in [6.45, 7) is 4.55. The third-order valence-electron chi connectivity index (χ3n) is 5.24. The number of ether oxygens (including phenoxy) is 1. The number of sulfonamides is 1. The van der Waals surface area contributed by atoms with Gasteiger partial charge in [-0.05, 0) is 50.5 Å². The van der Waals surface area contributed by atoms with Crippen LogP contribution in [0.5, 0.6) is 5.75 Å². The van der Waals surface area contributed by atoms with Gasteiger partial charge in [0.2, 0.25) is 15.9 Å². The summed E-state index contributed by atoms with van der Waals surface area (Å²) >= 11 is 6.05. The maximum Gasteiger partial charge on any atom is 0.246 e. The van der Waals surface area contributed by atoms with E-state index in [-0.39, 0.29) is 29.1 Å². The number of amides is 1. The Kier molecular flexibility index (Phi) is 7.39. The number of rotatable bonds is 7. The van der Waals surface area contributed by atoms with E-state index in [2.05, 4.69) is 5.32 Å². The molecule has 0 aromatic heterocycles. The standard InChI is InChI=1S/C22H27ClN2O4S/c1-3-29-20-12-11-19(23)14-21(20)30(27,28)25-13-7-10-18(15-25)22(26)24-16(2)17-8-5-4-6-9-17/h4-6,8-9,11-12,14,16,18H,3,7,10,13,15H2,1-2H3,(H,24,26)/t16-,18-/m1/s1. The molecule has 3 rings (SSSR count). The summed E-state index contributed by atoms with van der Waals surface area (Å²) in [5.74, 6) is -0.275. The van der Waals surface area contributed by atoms with Crippen LogP contribution >= 0.6 is 11.6 Å². The molecule has 8 heteroatoms. The van der Waals surface area contributed by atoms with E-state index in [1.165, 1.54) is 10.4 Å². The van der Waals surface area contributed by atoms with Gasteiger partial charge in [0.15, 0.2) is 0 Å². The van der Waals surface area contributed by atoms with Crippen LogP contribution in [0.3, 0.4) is 0 Å².